The summed E-state index contributed by atoms with van der Waals surface area (Å²) in [5.41, 5.74) is 5.00. The topological polar surface area (TPSA) is 60.5 Å². The Morgan fingerprint density at radius 2 is 2.21 bits per heavy atom. The highest BCUT2D eigenvalue weighted by Gasteiger charge is 2.41. The molecule has 2 aliphatic rings. The van der Waals surface area contributed by atoms with Crippen molar-refractivity contribution in [2.75, 3.05) is 6.61 Å². The molecule has 1 aliphatic heterocycles. The first-order chi connectivity index (χ1) is 11.6. The Labute approximate surface area is 142 Å². The standard InChI is InChI=1S/C19H22N2O3/c1-3-23-18(22)15-9-11-19(12-10-15)13-17(21-24-19)8-7-16-6-4-5-14(2)20-16/h4-6,13,15,21H,3,9-12H2,1-2H3. The lowest BCUT2D eigenvalue weighted by molar-refractivity contribution is -0.151. The molecule has 1 spiro atoms. The van der Waals surface area contributed by atoms with Gasteiger partial charge in [-0.15, -0.1) is 0 Å². The van der Waals surface area contributed by atoms with Crippen LogP contribution in [0.15, 0.2) is 30.0 Å². The fraction of sp³-hybridized carbons (Fsp3) is 0.474. The lowest BCUT2D eigenvalue weighted by Crippen LogP contribution is -2.36. The van der Waals surface area contributed by atoms with Crippen molar-refractivity contribution in [1.29, 1.82) is 0 Å². The minimum absolute atomic E-state index is 0.0146. The molecule has 2 heterocycles. The summed E-state index contributed by atoms with van der Waals surface area (Å²) in [7, 11) is 0. The Balaban J connectivity index is 1.63. The molecule has 1 fully saturated rings. The number of aryl methyl sites for hydroxylation is 1. The van der Waals surface area contributed by atoms with Crippen molar-refractivity contribution in [3.05, 3.63) is 41.4 Å². The van der Waals surface area contributed by atoms with Gasteiger partial charge in [-0.25, -0.2) is 4.98 Å². The number of nitrogens with zero attached hydrogens (tertiary/aromatic N) is 1. The van der Waals surface area contributed by atoms with E-state index in [0.29, 0.717) is 6.61 Å². The van der Waals surface area contributed by atoms with Gasteiger partial charge in [0.25, 0.3) is 0 Å². The summed E-state index contributed by atoms with van der Waals surface area (Å²) in [4.78, 5) is 22.0. The molecule has 5 heteroatoms. The van der Waals surface area contributed by atoms with E-state index in [-0.39, 0.29) is 17.5 Å². The van der Waals surface area contributed by atoms with Gasteiger partial charge >= 0.3 is 5.97 Å². The van der Waals surface area contributed by atoms with Crippen LogP contribution in [-0.2, 0) is 14.4 Å². The third kappa shape index (κ3) is 3.77. The van der Waals surface area contributed by atoms with Gasteiger partial charge in [0.05, 0.1) is 12.5 Å². The quantitative estimate of drug-likeness (QED) is 0.669. The zero-order valence-corrected chi connectivity index (χ0v) is 14.1. The molecule has 0 amide bonds. The summed E-state index contributed by atoms with van der Waals surface area (Å²) in [6, 6.07) is 5.77. The Bertz CT molecular complexity index is 707. The Hall–Kier alpha value is -2.32. The fourth-order valence-electron chi connectivity index (χ4n) is 3.13. The molecule has 0 saturated heterocycles. The average molecular weight is 326 g/mol. The molecule has 0 radical (unpaired) electrons. The van der Waals surface area contributed by atoms with Crippen LogP contribution in [0.3, 0.4) is 0 Å². The predicted molar refractivity (Wildman–Crippen MR) is 89.5 cm³/mol. The molecule has 24 heavy (non-hydrogen) atoms. The molecular weight excluding hydrogens is 304 g/mol. The number of pyridine rings is 1. The van der Waals surface area contributed by atoms with Crippen LogP contribution in [0, 0.1) is 24.7 Å². The number of hydrogen-bond acceptors (Lipinski definition) is 5. The summed E-state index contributed by atoms with van der Waals surface area (Å²) >= 11 is 0. The first-order valence-electron chi connectivity index (χ1n) is 8.39. The molecule has 0 aromatic carbocycles. The highest BCUT2D eigenvalue weighted by Crippen LogP contribution is 2.38. The molecule has 1 aliphatic carbocycles. The SMILES string of the molecule is CCOC(=O)C1CCC2(C=C(C#Cc3cccc(C)n3)NO2)CC1. The molecular formula is C19H22N2O3. The number of nitrogens with one attached hydrogen (secondary N) is 1. The van der Waals surface area contributed by atoms with Crippen molar-refractivity contribution >= 4 is 5.97 Å². The largest absolute Gasteiger partial charge is 0.466 e. The number of carbonyl (C=O) groups excluding carboxylic acids is 1. The second-order valence-corrected chi connectivity index (χ2v) is 6.27. The van der Waals surface area contributed by atoms with Crippen molar-refractivity contribution in [3.63, 3.8) is 0 Å². The van der Waals surface area contributed by atoms with Gasteiger partial charge in [0.15, 0.2) is 0 Å². The number of hydroxylamine groups is 1. The van der Waals surface area contributed by atoms with Crippen molar-refractivity contribution in [2.45, 2.75) is 45.1 Å². The van der Waals surface area contributed by atoms with E-state index in [2.05, 4.69) is 22.3 Å². The smallest absolute Gasteiger partial charge is 0.308 e. The molecule has 1 saturated carbocycles. The Morgan fingerprint density at radius 3 is 2.92 bits per heavy atom. The fourth-order valence-corrected chi connectivity index (χ4v) is 3.13. The van der Waals surface area contributed by atoms with Crippen LogP contribution in [0.1, 0.15) is 44.0 Å². The van der Waals surface area contributed by atoms with E-state index in [1.54, 1.807) is 0 Å². The van der Waals surface area contributed by atoms with Gasteiger partial charge in [0, 0.05) is 5.69 Å². The number of ether oxygens (including phenoxy) is 1. The molecule has 1 aromatic rings. The van der Waals surface area contributed by atoms with E-state index in [0.717, 1.165) is 42.8 Å². The molecule has 0 bridgehead atoms. The van der Waals surface area contributed by atoms with Crippen LogP contribution in [-0.4, -0.2) is 23.2 Å². The van der Waals surface area contributed by atoms with Crippen LogP contribution in [0.2, 0.25) is 0 Å². The highest BCUT2D eigenvalue weighted by molar-refractivity contribution is 5.72. The van der Waals surface area contributed by atoms with Gasteiger partial charge < -0.3 is 4.74 Å². The van der Waals surface area contributed by atoms with Crippen LogP contribution in [0.5, 0.6) is 0 Å². The summed E-state index contributed by atoms with van der Waals surface area (Å²) < 4.78 is 5.11. The van der Waals surface area contributed by atoms with Gasteiger partial charge in [0.1, 0.15) is 17.0 Å². The van der Waals surface area contributed by atoms with Gasteiger partial charge in [-0.3, -0.25) is 15.1 Å². The van der Waals surface area contributed by atoms with Gasteiger partial charge in [-0.05, 0) is 69.6 Å². The molecule has 5 nitrogen and oxygen atoms in total. The molecule has 0 unspecified atom stereocenters. The lowest BCUT2D eigenvalue weighted by Gasteiger charge is -2.33. The van der Waals surface area contributed by atoms with Crippen molar-refractivity contribution in [1.82, 2.24) is 10.5 Å². The maximum absolute atomic E-state index is 11.8. The summed E-state index contributed by atoms with van der Waals surface area (Å²) in [5, 5.41) is 0. The molecule has 0 atom stereocenters. The zero-order chi connectivity index (χ0) is 17.0. The second-order valence-electron chi connectivity index (χ2n) is 6.27. The Morgan fingerprint density at radius 1 is 1.42 bits per heavy atom. The number of carbonyl (C=O) groups is 1. The van der Waals surface area contributed by atoms with Crippen LogP contribution in [0.4, 0.5) is 0 Å². The van der Waals surface area contributed by atoms with E-state index < -0.39 is 0 Å². The van der Waals surface area contributed by atoms with Gasteiger partial charge in [-0.1, -0.05) is 6.07 Å². The van der Waals surface area contributed by atoms with Crippen LogP contribution < -0.4 is 5.48 Å². The third-order valence-corrected chi connectivity index (χ3v) is 4.44. The number of hydrogen-bond donors (Lipinski definition) is 1. The molecule has 1 aromatic heterocycles. The minimum Gasteiger partial charge on any atom is -0.466 e. The average Bonchev–Trinajstić information content (AvgIpc) is 2.97. The van der Waals surface area contributed by atoms with E-state index in [9.17, 15) is 4.79 Å². The normalized spacial score (nSPS) is 25.4. The Kier molecular flexibility index (Phi) is 4.86. The first kappa shape index (κ1) is 16.5. The lowest BCUT2D eigenvalue weighted by atomic mass is 9.78. The first-order valence-corrected chi connectivity index (χ1v) is 8.39. The monoisotopic (exact) mass is 326 g/mol. The maximum Gasteiger partial charge on any atom is 0.308 e. The summed E-state index contributed by atoms with van der Waals surface area (Å²) in [5.74, 6) is 6.01. The number of allylic oxidation sites excluding steroid dienone is 1. The summed E-state index contributed by atoms with van der Waals surface area (Å²) in [6.45, 7) is 4.21. The number of rotatable bonds is 2. The van der Waals surface area contributed by atoms with E-state index in [1.165, 1.54) is 0 Å². The highest BCUT2D eigenvalue weighted by atomic mass is 16.7. The third-order valence-electron chi connectivity index (χ3n) is 4.44. The zero-order valence-electron chi connectivity index (χ0n) is 14.1. The van der Waals surface area contributed by atoms with Crippen LogP contribution >= 0.6 is 0 Å². The number of aromatic nitrogens is 1. The van der Waals surface area contributed by atoms with Crippen LogP contribution in [0.25, 0.3) is 0 Å². The van der Waals surface area contributed by atoms with Gasteiger partial charge in [-0.2, -0.15) is 0 Å². The van der Waals surface area contributed by atoms with Gasteiger partial charge in [0.2, 0.25) is 0 Å². The maximum atomic E-state index is 11.8. The van der Waals surface area contributed by atoms with Crippen molar-refractivity contribution in [3.8, 4) is 11.8 Å². The molecule has 3 rings (SSSR count). The summed E-state index contributed by atoms with van der Waals surface area (Å²) in [6.07, 6.45) is 5.17. The minimum atomic E-state index is -0.354. The molecule has 1 N–H and O–H groups in total. The van der Waals surface area contributed by atoms with E-state index in [1.807, 2.05) is 38.1 Å². The van der Waals surface area contributed by atoms with Crippen molar-refractivity contribution in [2.24, 2.45) is 5.92 Å². The second kappa shape index (κ2) is 7.06. The van der Waals surface area contributed by atoms with E-state index >= 15 is 0 Å². The molecule has 126 valence electrons. The van der Waals surface area contributed by atoms with E-state index in [4.69, 9.17) is 9.57 Å². The van der Waals surface area contributed by atoms with Crippen molar-refractivity contribution < 1.29 is 14.4 Å². The number of esters is 1. The predicted octanol–water partition coefficient (Wildman–Crippen LogP) is 2.65.